The minimum absolute atomic E-state index is 0.197. The zero-order valence-corrected chi connectivity index (χ0v) is 12.8. The third-order valence-corrected chi connectivity index (χ3v) is 5.44. The summed E-state index contributed by atoms with van der Waals surface area (Å²) in [5, 5.41) is 11.4. The van der Waals surface area contributed by atoms with Crippen molar-refractivity contribution in [3.63, 3.8) is 0 Å². The number of likely N-dealkylation sites (tertiary alicyclic amines) is 1. The molecular weight excluding hydrogens is 256 g/mol. The molecule has 3 N–H and O–H groups in total. The largest absolute Gasteiger partial charge is 0.396 e. The summed E-state index contributed by atoms with van der Waals surface area (Å²) in [6.07, 6.45) is 3.18. The van der Waals surface area contributed by atoms with Crippen molar-refractivity contribution in [2.75, 3.05) is 19.7 Å². The molecule has 2 rings (SSSR count). The molecule has 1 aromatic heterocycles. The van der Waals surface area contributed by atoms with E-state index in [2.05, 4.69) is 30.2 Å². The molecule has 4 heteroatoms. The van der Waals surface area contributed by atoms with Gasteiger partial charge in [-0.15, -0.1) is 11.3 Å². The van der Waals surface area contributed by atoms with Gasteiger partial charge in [0.1, 0.15) is 0 Å². The Kier molecular flexibility index (Phi) is 5.39. The molecule has 1 aromatic rings. The number of thiophene rings is 1. The Hall–Kier alpha value is -0.420. The van der Waals surface area contributed by atoms with Crippen molar-refractivity contribution in [2.45, 2.75) is 45.2 Å². The first-order valence-electron chi connectivity index (χ1n) is 7.31. The molecular formula is C15H26N2OS. The van der Waals surface area contributed by atoms with Crippen LogP contribution in [0, 0.1) is 12.8 Å². The lowest BCUT2D eigenvalue weighted by Gasteiger charge is -2.39. The highest BCUT2D eigenvalue weighted by atomic mass is 32.1. The van der Waals surface area contributed by atoms with Gasteiger partial charge in [-0.05, 0) is 62.2 Å². The van der Waals surface area contributed by atoms with Crippen LogP contribution in [0.3, 0.4) is 0 Å². The number of hydrogen-bond acceptors (Lipinski definition) is 4. The van der Waals surface area contributed by atoms with Gasteiger partial charge in [-0.25, -0.2) is 0 Å². The van der Waals surface area contributed by atoms with E-state index in [0.29, 0.717) is 18.6 Å². The van der Waals surface area contributed by atoms with Crippen molar-refractivity contribution in [3.05, 3.63) is 21.9 Å². The fourth-order valence-electron chi connectivity index (χ4n) is 2.96. The zero-order chi connectivity index (χ0) is 13.8. The molecule has 0 amide bonds. The Balaban J connectivity index is 2.13. The maximum absolute atomic E-state index is 9.26. The number of rotatable bonds is 5. The van der Waals surface area contributed by atoms with Gasteiger partial charge in [0, 0.05) is 17.5 Å². The van der Waals surface area contributed by atoms with Crippen molar-refractivity contribution < 1.29 is 5.11 Å². The van der Waals surface area contributed by atoms with Gasteiger partial charge in [0.15, 0.2) is 0 Å². The number of piperidine rings is 1. The molecule has 2 unspecified atom stereocenters. The topological polar surface area (TPSA) is 49.5 Å². The normalized spacial score (nSPS) is 21.5. The minimum atomic E-state index is 0.197. The van der Waals surface area contributed by atoms with Gasteiger partial charge >= 0.3 is 0 Å². The van der Waals surface area contributed by atoms with Gasteiger partial charge < -0.3 is 10.8 Å². The summed E-state index contributed by atoms with van der Waals surface area (Å²) < 4.78 is 0. The molecule has 1 aliphatic heterocycles. The monoisotopic (exact) mass is 282 g/mol. The first-order chi connectivity index (χ1) is 9.17. The Labute approximate surface area is 120 Å². The van der Waals surface area contributed by atoms with Crippen molar-refractivity contribution in [2.24, 2.45) is 11.7 Å². The van der Waals surface area contributed by atoms with E-state index in [9.17, 15) is 5.11 Å². The van der Waals surface area contributed by atoms with Gasteiger partial charge in [0.2, 0.25) is 0 Å². The molecule has 0 radical (unpaired) electrons. The Morgan fingerprint density at radius 3 is 2.63 bits per heavy atom. The summed E-state index contributed by atoms with van der Waals surface area (Å²) in [4.78, 5) is 3.95. The summed E-state index contributed by atoms with van der Waals surface area (Å²) in [7, 11) is 0. The molecule has 1 fully saturated rings. The average Bonchev–Trinajstić information content (AvgIpc) is 2.86. The molecule has 0 saturated carbocycles. The third kappa shape index (κ3) is 3.37. The van der Waals surface area contributed by atoms with Gasteiger partial charge in [-0.2, -0.15) is 0 Å². The van der Waals surface area contributed by atoms with Crippen LogP contribution >= 0.6 is 11.3 Å². The smallest absolute Gasteiger partial charge is 0.0596 e. The molecule has 0 aromatic carbocycles. The quantitative estimate of drug-likeness (QED) is 0.872. The molecule has 2 atom stereocenters. The van der Waals surface area contributed by atoms with Gasteiger partial charge in [-0.3, -0.25) is 4.90 Å². The van der Waals surface area contributed by atoms with Crippen LogP contribution in [0.15, 0.2) is 11.4 Å². The Morgan fingerprint density at radius 2 is 2.16 bits per heavy atom. The van der Waals surface area contributed by atoms with Crippen LogP contribution in [-0.4, -0.2) is 35.7 Å². The van der Waals surface area contributed by atoms with Crippen molar-refractivity contribution >= 4 is 11.3 Å². The van der Waals surface area contributed by atoms with Crippen LogP contribution in [-0.2, 0) is 0 Å². The van der Waals surface area contributed by atoms with E-state index in [1.54, 1.807) is 0 Å². The number of hydrogen-bond donors (Lipinski definition) is 2. The molecule has 19 heavy (non-hydrogen) atoms. The number of aryl methyl sites for hydroxylation is 1. The highest BCUT2D eigenvalue weighted by Crippen LogP contribution is 2.34. The van der Waals surface area contributed by atoms with E-state index in [-0.39, 0.29) is 6.04 Å². The number of nitrogens with zero attached hydrogens (tertiary/aromatic N) is 1. The predicted octanol–water partition coefficient (Wildman–Crippen LogP) is 2.54. The van der Waals surface area contributed by atoms with Gasteiger partial charge in [-0.1, -0.05) is 6.92 Å². The maximum Gasteiger partial charge on any atom is 0.0596 e. The van der Waals surface area contributed by atoms with E-state index in [0.717, 1.165) is 32.4 Å². The van der Waals surface area contributed by atoms with Crippen LogP contribution in [0.2, 0.25) is 0 Å². The molecule has 0 spiro atoms. The molecule has 0 bridgehead atoms. The fourth-order valence-corrected chi connectivity index (χ4v) is 4.09. The summed E-state index contributed by atoms with van der Waals surface area (Å²) in [5.41, 5.74) is 7.75. The molecule has 1 saturated heterocycles. The number of aliphatic hydroxyl groups excluding tert-OH is 1. The lowest BCUT2D eigenvalue weighted by atomic mass is 9.93. The SMILES string of the molecule is CCC(N)C(c1sccc1C)N1CCC(CO)CC1. The molecule has 108 valence electrons. The van der Waals surface area contributed by atoms with Crippen molar-refractivity contribution in [1.82, 2.24) is 4.90 Å². The van der Waals surface area contributed by atoms with Gasteiger partial charge in [0.25, 0.3) is 0 Å². The molecule has 3 nitrogen and oxygen atoms in total. The highest BCUT2D eigenvalue weighted by molar-refractivity contribution is 7.10. The fraction of sp³-hybridized carbons (Fsp3) is 0.733. The van der Waals surface area contributed by atoms with E-state index < -0.39 is 0 Å². The summed E-state index contributed by atoms with van der Waals surface area (Å²) in [6, 6.07) is 2.74. The second kappa shape index (κ2) is 6.84. The summed E-state index contributed by atoms with van der Waals surface area (Å²) in [5.74, 6) is 0.485. The number of aliphatic hydroxyl groups is 1. The van der Waals surface area contributed by atoms with Crippen LogP contribution < -0.4 is 5.73 Å². The summed E-state index contributed by atoms with van der Waals surface area (Å²) >= 11 is 1.83. The molecule has 1 aliphatic rings. The summed E-state index contributed by atoms with van der Waals surface area (Å²) in [6.45, 7) is 6.79. The van der Waals surface area contributed by atoms with E-state index in [1.807, 2.05) is 11.3 Å². The van der Waals surface area contributed by atoms with Crippen LogP contribution in [0.5, 0.6) is 0 Å². The third-order valence-electron chi connectivity index (χ3n) is 4.35. The van der Waals surface area contributed by atoms with Crippen molar-refractivity contribution in [3.8, 4) is 0 Å². The lowest BCUT2D eigenvalue weighted by molar-refractivity contribution is 0.0896. The predicted molar refractivity (Wildman–Crippen MR) is 81.4 cm³/mol. The van der Waals surface area contributed by atoms with Crippen molar-refractivity contribution in [1.29, 1.82) is 0 Å². The minimum Gasteiger partial charge on any atom is -0.396 e. The molecule has 2 heterocycles. The Morgan fingerprint density at radius 1 is 1.47 bits per heavy atom. The van der Waals surface area contributed by atoms with Crippen LogP contribution in [0.4, 0.5) is 0 Å². The van der Waals surface area contributed by atoms with E-state index >= 15 is 0 Å². The van der Waals surface area contributed by atoms with E-state index in [4.69, 9.17) is 5.73 Å². The van der Waals surface area contributed by atoms with Crippen LogP contribution in [0.25, 0.3) is 0 Å². The maximum atomic E-state index is 9.26. The second-order valence-corrected chi connectivity index (χ2v) is 6.59. The first kappa shape index (κ1) is 15.0. The van der Waals surface area contributed by atoms with Crippen LogP contribution in [0.1, 0.15) is 42.7 Å². The second-order valence-electron chi connectivity index (χ2n) is 5.65. The first-order valence-corrected chi connectivity index (χ1v) is 8.19. The highest BCUT2D eigenvalue weighted by Gasteiger charge is 2.30. The average molecular weight is 282 g/mol. The number of nitrogens with two attached hydrogens (primary N) is 1. The lowest BCUT2D eigenvalue weighted by Crippen LogP contribution is -2.45. The Bertz CT molecular complexity index is 385. The zero-order valence-electron chi connectivity index (χ0n) is 12.0. The standard InChI is InChI=1S/C15H26N2OS/c1-3-13(16)14(15-11(2)6-9-19-15)17-7-4-12(10-18)5-8-17/h6,9,12-14,18H,3-5,7-8,10,16H2,1-2H3. The van der Waals surface area contributed by atoms with E-state index in [1.165, 1.54) is 10.4 Å². The van der Waals surface area contributed by atoms with Gasteiger partial charge in [0.05, 0.1) is 6.04 Å². The molecule has 0 aliphatic carbocycles.